The number of carbonyl (C=O) groups is 1. The van der Waals surface area contributed by atoms with Crippen molar-refractivity contribution in [2.45, 2.75) is 4.90 Å². The Bertz CT molecular complexity index is 1230. The van der Waals surface area contributed by atoms with Gasteiger partial charge in [0.2, 0.25) is 0 Å². The number of ether oxygens (including phenoxy) is 1. The summed E-state index contributed by atoms with van der Waals surface area (Å²) in [5, 5.41) is 14.6. The highest BCUT2D eigenvalue weighted by atomic mass is 32.2. The van der Waals surface area contributed by atoms with E-state index < -0.39 is 16.0 Å². The minimum atomic E-state index is -4.29. The first-order valence-corrected chi connectivity index (χ1v) is 10.4. The lowest BCUT2D eigenvalue weighted by Gasteiger charge is -2.08. The average molecular weight is 435 g/mol. The van der Waals surface area contributed by atoms with Crippen LogP contribution in [-0.2, 0) is 14.9 Å². The molecular weight excluding hydrogens is 418 g/mol. The zero-order valence-electron chi connectivity index (χ0n) is 16.0. The van der Waals surface area contributed by atoms with Crippen LogP contribution in [-0.4, -0.2) is 18.9 Å². The molecule has 156 valence electrons. The number of hydrogen-bond acceptors (Lipinski definition) is 6. The Labute approximate surface area is 179 Å². The van der Waals surface area contributed by atoms with Gasteiger partial charge in [-0.3, -0.25) is 9.35 Å². The Hall–Kier alpha value is -4.13. The van der Waals surface area contributed by atoms with E-state index in [1.54, 1.807) is 30.3 Å². The number of carbonyl (C=O) groups excluding carboxylic acids is 1. The van der Waals surface area contributed by atoms with Gasteiger partial charge in [0, 0.05) is 17.6 Å². The van der Waals surface area contributed by atoms with E-state index in [0.29, 0.717) is 22.9 Å². The maximum absolute atomic E-state index is 12.3. The zero-order valence-corrected chi connectivity index (χ0v) is 16.8. The van der Waals surface area contributed by atoms with E-state index in [4.69, 9.17) is 9.29 Å². The second-order valence-electron chi connectivity index (χ2n) is 6.21. The first-order chi connectivity index (χ1) is 14.8. The van der Waals surface area contributed by atoms with E-state index in [2.05, 4.69) is 10.6 Å². The van der Waals surface area contributed by atoms with Crippen molar-refractivity contribution in [3.63, 3.8) is 0 Å². The molecule has 3 rings (SSSR count). The van der Waals surface area contributed by atoms with Crippen molar-refractivity contribution in [3.8, 4) is 17.6 Å². The van der Waals surface area contributed by atoms with Gasteiger partial charge in [-0.15, -0.1) is 0 Å². The van der Waals surface area contributed by atoms with Crippen molar-refractivity contribution in [2.24, 2.45) is 0 Å². The molecule has 3 N–H and O–H groups in total. The summed E-state index contributed by atoms with van der Waals surface area (Å²) < 4.78 is 36.8. The van der Waals surface area contributed by atoms with Gasteiger partial charge < -0.3 is 15.4 Å². The third-order valence-electron chi connectivity index (χ3n) is 3.99. The molecule has 0 heterocycles. The molecule has 0 aliphatic heterocycles. The van der Waals surface area contributed by atoms with Gasteiger partial charge in [0.05, 0.1) is 4.90 Å². The molecule has 0 spiro atoms. The van der Waals surface area contributed by atoms with E-state index in [-0.39, 0.29) is 10.5 Å². The molecule has 3 aromatic rings. The van der Waals surface area contributed by atoms with Crippen molar-refractivity contribution in [1.82, 2.24) is 0 Å². The largest absolute Gasteiger partial charge is 0.457 e. The lowest BCUT2D eigenvalue weighted by atomic mass is 10.2. The van der Waals surface area contributed by atoms with Crippen LogP contribution >= 0.6 is 0 Å². The number of nitriles is 1. The summed E-state index contributed by atoms with van der Waals surface area (Å²) >= 11 is 0. The number of benzene rings is 3. The molecule has 8 nitrogen and oxygen atoms in total. The van der Waals surface area contributed by atoms with Crippen molar-refractivity contribution >= 4 is 27.4 Å². The van der Waals surface area contributed by atoms with Crippen LogP contribution < -0.4 is 15.4 Å². The predicted octanol–water partition coefficient (Wildman–Crippen LogP) is 4.18. The lowest BCUT2D eigenvalue weighted by Crippen LogP contribution is -2.14. The summed E-state index contributed by atoms with van der Waals surface area (Å²) in [4.78, 5) is 12.1. The van der Waals surface area contributed by atoms with E-state index in [0.717, 1.165) is 0 Å². The lowest BCUT2D eigenvalue weighted by molar-refractivity contribution is -0.112. The summed E-state index contributed by atoms with van der Waals surface area (Å²) in [5.74, 6) is 0.654. The van der Waals surface area contributed by atoms with E-state index in [1.165, 1.54) is 30.5 Å². The van der Waals surface area contributed by atoms with Crippen LogP contribution in [0.2, 0.25) is 0 Å². The molecule has 0 fully saturated rings. The Morgan fingerprint density at radius 1 is 0.903 bits per heavy atom. The molecular formula is C22H17N3O5S. The Balaban J connectivity index is 1.62. The van der Waals surface area contributed by atoms with E-state index >= 15 is 0 Å². The molecule has 1 amide bonds. The Morgan fingerprint density at radius 3 is 2.06 bits per heavy atom. The van der Waals surface area contributed by atoms with Gasteiger partial charge in [0.25, 0.3) is 16.0 Å². The van der Waals surface area contributed by atoms with E-state index in [1.807, 2.05) is 30.3 Å². The van der Waals surface area contributed by atoms with Gasteiger partial charge in [-0.25, -0.2) is 0 Å². The summed E-state index contributed by atoms with van der Waals surface area (Å²) in [6.45, 7) is 0. The number of amides is 1. The van der Waals surface area contributed by atoms with Crippen LogP contribution in [0.5, 0.6) is 11.5 Å². The van der Waals surface area contributed by atoms with Gasteiger partial charge in [0.15, 0.2) is 0 Å². The molecule has 0 unspecified atom stereocenters. The molecule has 0 bridgehead atoms. The number of rotatable bonds is 7. The summed E-state index contributed by atoms with van der Waals surface area (Å²) in [6, 6.07) is 22.9. The maximum atomic E-state index is 12.3. The fourth-order valence-electron chi connectivity index (χ4n) is 2.46. The normalized spacial score (nSPS) is 11.3. The summed E-state index contributed by atoms with van der Waals surface area (Å²) in [7, 11) is -4.29. The summed E-state index contributed by atoms with van der Waals surface area (Å²) in [5.41, 5.74) is 0.711. The van der Waals surface area contributed by atoms with Crippen LogP contribution in [0.25, 0.3) is 0 Å². The van der Waals surface area contributed by atoms with Crippen LogP contribution in [0, 0.1) is 11.3 Å². The summed E-state index contributed by atoms with van der Waals surface area (Å²) in [6.07, 6.45) is 1.20. The molecule has 3 aromatic carbocycles. The first kappa shape index (κ1) is 21.6. The molecule has 0 aliphatic carbocycles. The third-order valence-corrected chi connectivity index (χ3v) is 4.86. The number of anilines is 2. The van der Waals surface area contributed by atoms with Crippen molar-refractivity contribution in [2.75, 3.05) is 10.6 Å². The maximum Gasteiger partial charge on any atom is 0.294 e. The molecule has 9 heteroatoms. The minimum Gasteiger partial charge on any atom is -0.457 e. The quantitative estimate of drug-likeness (QED) is 0.288. The van der Waals surface area contributed by atoms with E-state index in [9.17, 15) is 18.5 Å². The zero-order chi connectivity index (χ0) is 22.3. The predicted molar refractivity (Wildman–Crippen MR) is 115 cm³/mol. The Morgan fingerprint density at radius 2 is 1.48 bits per heavy atom. The first-order valence-electron chi connectivity index (χ1n) is 8.94. The molecule has 0 atom stereocenters. The molecule has 31 heavy (non-hydrogen) atoms. The monoisotopic (exact) mass is 435 g/mol. The smallest absolute Gasteiger partial charge is 0.294 e. The topological polar surface area (TPSA) is 129 Å². The highest BCUT2D eigenvalue weighted by molar-refractivity contribution is 7.85. The highest BCUT2D eigenvalue weighted by Gasteiger charge is 2.11. The van der Waals surface area contributed by atoms with Crippen molar-refractivity contribution < 1.29 is 22.5 Å². The van der Waals surface area contributed by atoms with Crippen molar-refractivity contribution in [1.29, 1.82) is 5.26 Å². The van der Waals surface area contributed by atoms with Crippen LogP contribution in [0.1, 0.15) is 0 Å². The fraction of sp³-hybridized carbons (Fsp3) is 0. The SMILES string of the molecule is N#C/C(=C/Nc1ccc(S(=O)(=O)O)cc1)C(=O)Nc1ccc(Oc2ccccc2)cc1. The van der Waals surface area contributed by atoms with Crippen LogP contribution in [0.3, 0.4) is 0 Å². The van der Waals surface area contributed by atoms with Gasteiger partial charge in [0.1, 0.15) is 23.1 Å². The standard InChI is InChI=1S/C22H17N3O5S/c23-14-16(15-24-17-8-12-21(13-9-17)31(27,28)29)22(26)25-18-6-10-20(11-7-18)30-19-4-2-1-3-5-19/h1-13,15,24H,(H,25,26)(H,27,28,29)/b16-15-. The fourth-order valence-corrected chi connectivity index (χ4v) is 2.94. The average Bonchev–Trinajstić information content (AvgIpc) is 2.76. The molecule has 0 aliphatic rings. The van der Waals surface area contributed by atoms with Crippen molar-refractivity contribution in [3.05, 3.63) is 90.6 Å². The molecule has 0 saturated carbocycles. The van der Waals surface area contributed by atoms with Gasteiger partial charge >= 0.3 is 0 Å². The second-order valence-corrected chi connectivity index (χ2v) is 7.63. The molecule has 0 aromatic heterocycles. The minimum absolute atomic E-state index is 0.191. The number of para-hydroxylation sites is 1. The van der Waals surface area contributed by atoms with Crippen LogP contribution in [0.15, 0.2) is 95.5 Å². The van der Waals surface area contributed by atoms with Gasteiger partial charge in [-0.05, 0) is 60.7 Å². The number of nitrogens with one attached hydrogen (secondary N) is 2. The van der Waals surface area contributed by atoms with Gasteiger partial charge in [-0.1, -0.05) is 18.2 Å². The second kappa shape index (κ2) is 9.58. The Kier molecular flexibility index (Phi) is 6.67. The highest BCUT2D eigenvalue weighted by Crippen LogP contribution is 2.23. The molecule has 0 saturated heterocycles. The van der Waals surface area contributed by atoms with Gasteiger partial charge in [-0.2, -0.15) is 13.7 Å². The third kappa shape index (κ3) is 6.17. The number of hydrogen-bond donors (Lipinski definition) is 3. The molecule has 0 radical (unpaired) electrons. The number of nitrogens with zero attached hydrogens (tertiary/aromatic N) is 1. The van der Waals surface area contributed by atoms with Crippen LogP contribution in [0.4, 0.5) is 11.4 Å².